The second-order valence-electron chi connectivity index (χ2n) is 5.12. The quantitative estimate of drug-likeness (QED) is 0.615. The summed E-state index contributed by atoms with van der Waals surface area (Å²) in [4.78, 5) is 9.34. The van der Waals surface area contributed by atoms with Crippen molar-refractivity contribution in [2.24, 2.45) is 0 Å². The van der Waals surface area contributed by atoms with Gasteiger partial charge in [-0.1, -0.05) is 19.1 Å². The lowest BCUT2D eigenvalue weighted by atomic mass is 10.2. The van der Waals surface area contributed by atoms with Gasteiger partial charge in [-0.25, -0.2) is 9.97 Å². The van der Waals surface area contributed by atoms with E-state index in [1.54, 1.807) is 12.1 Å². The van der Waals surface area contributed by atoms with Crippen LogP contribution in [0.15, 0.2) is 48.5 Å². The van der Waals surface area contributed by atoms with Crippen LogP contribution in [0.5, 0.6) is 5.75 Å². The minimum absolute atomic E-state index is 0.230. The molecule has 0 aliphatic heterocycles. The maximum absolute atomic E-state index is 9.41. The molecule has 0 radical (unpaired) electrons. The van der Waals surface area contributed by atoms with Crippen molar-refractivity contribution >= 4 is 16.6 Å². The standard InChI is InChI=1S/C17H14N4O/c1-2-15-18-14-6-4-3-5-13(14)17-19-16(20-21(15)17)11-7-9-12(22)10-8-11/h3-10,22H,2H2,1H3. The lowest BCUT2D eigenvalue weighted by molar-refractivity contribution is 0.475. The van der Waals surface area contributed by atoms with E-state index < -0.39 is 0 Å². The number of benzene rings is 2. The summed E-state index contributed by atoms with van der Waals surface area (Å²) in [7, 11) is 0. The topological polar surface area (TPSA) is 63.3 Å². The third-order valence-corrected chi connectivity index (χ3v) is 3.69. The van der Waals surface area contributed by atoms with Crippen LogP contribution in [-0.2, 0) is 6.42 Å². The van der Waals surface area contributed by atoms with Crippen molar-refractivity contribution in [1.82, 2.24) is 19.6 Å². The van der Waals surface area contributed by atoms with Gasteiger partial charge in [-0.2, -0.15) is 4.52 Å². The third kappa shape index (κ3) is 1.90. The molecule has 0 saturated carbocycles. The second-order valence-corrected chi connectivity index (χ2v) is 5.12. The summed E-state index contributed by atoms with van der Waals surface area (Å²) in [6.45, 7) is 2.05. The molecule has 22 heavy (non-hydrogen) atoms. The molecule has 5 heteroatoms. The van der Waals surface area contributed by atoms with Gasteiger partial charge < -0.3 is 5.11 Å². The number of hydrogen-bond acceptors (Lipinski definition) is 4. The zero-order valence-corrected chi connectivity index (χ0v) is 12.1. The van der Waals surface area contributed by atoms with Gasteiger partial charge in [-0.05, 0) is 36.4 Å². The van der Waals surface area contributed by atoms with Gasteiger partial charge in [0.15, 0.2) is 11.5 Å². The molecule has 1 N–H and O–H groups in total. The van der Waals surface area contributed by atoms with E-state index in [9.17, 15) is 5.11 Å². The molecule has 2 heterocycles. The number of aromatic hydroxyl groups is 1. The van der Waals surface area contributed by atoms with Gasteiger partial charge in [0, 0.05) is 17.4 Å². The van der Waals surface area contributed by atoms with Crippen LogP contribution in [0.3, 0.4) is 0 Å². The summed E-state index contributed by atoms with van der Waals surface area (Å²) in [5, 5.41) is 15.0. The van der Waals surface area contributed by atoms with Crippen LogP contribution in [0.4, 0.5) is 0 Å². The Kier molecular flexibility index (Phi) is 2.79. The molecule has 0 bridgehead atoms. The highest BCUT2D eigenvalue weighted by Crippen LogP contribution is 2.23. The van der Waals surface area contributed by atoms with Crippen molar-refractivity contribution in [1.29, 1.82) is 0 Å². The predicted molar refractivity (Wildman–Crippen MR) is 84.8 cm³/mol. The van der Waals surface area contributed by atoms with Crippen molar-refractivity contribution in [3.8, 4) is 17.1 Å². The number of para-hydroxylation sites is 1. The number of aryl methyl sites for hydroxylation is 1. The fourth-order valence-corrected chi connectivity index (χ4v) is 2.57. The lowest BCUT2D eigenvalue weighted by Crippen LogP contribution is -2.02. The Labute approximate surface area is 126 Å². The molecule has 4 aromatic rings. The first kappa shape index (κ1) is 12.8. The van der Waals surface area contributed by atoms with E-state index in [2.05, 4.69) is 22.0 Å². The number of nitrogens with zero attached hydrogens (tertiary/aromatic N) is 4. The number of fused-ring (bicyclic) bond motifs is 3. The van der Waals surface area contributed by atoms with Gasteiger partial charge >= 0.3 is 0 Å². The molecule has 0 saturated heterocycles. The van der Waals surface area contributed by atoms with Crippen molar-refractivity contribution in [2.45, 2.75) is 13.3 Å². The predicted octanol–water partition coefficient (Wildman–Crippen LogP) is 3.21. The molecule has 0 atom stereocenters. The average Bonchev–Trinajstić information content (AvgIpc) is 3.00. The maximum atomic E-state index is 9.41. The first-order valence-electron chi connectivity index (χ1n) is 7.20. The Morgan fingerprint density at radius 3 is 2.55 bits per heavy atom. The fraction of sp³-hybridized carbons (Fsp3) is 0.118. The van der Waals surface area contributed by atoms with Crippen LogP contribution < -0.4 is 0 Å². The molecule has 0 aliphatic rings. The molecule has 0 fully saturated rings. The Bertz CT molecular complexity index is 973. The molecule has 2 aromatic heterocycles. The molecular weight excluding hydrogens is 276 g/mol. The lowest BCUT2D eigenvalue weighted by Gasteiger charge is -2.03. The normalized spacial score (nSPS) is 11.3. The number of hydrogen-bond donors (Lipinski definition) is 1. The second kappa shape index (κ2) is 4.80. The molecule has 0 aliphatic carbocycles. The van der Waals surface area contributed by atoms with Crippen LogP contribution in [0.2, 0.25) is 0 Å². The number of rotatable bonds is 2. The molecule has 108 valence electrons. The summed E-state index contributed by atoms with van der Waals surface area (Å²) in [6.07, 6.45) is 0.777. The summed E-state index contributed by atoms with van der Waals surface area (Å²) in [5.74, 6) is 1.74. The smallest absolute Gasteiger partial charge is 0.182 e. The summed E-state index contributed by atoms with van der Waals surface area (Å²) >= 11 is 0. The largest absolute Gasteiger partial charge is 0.508 e. The van der Waals surface area contributed by atoms with E-state index in [0.717, 1.165) is 34.4 Å². The first-order valence-corrected chi connectivity index (χ1v) is 7.20. The van der Waals surface area contributed by atoms with Crippen LogP contribution in [0.1, 0.15) is 12.7 Å². The molecule has 0 unspecified atom stereocenters. The molecule has 0 spiro atoms. The van der Waals surface area contributed by atoms with Gasteiger partial charge in [-0.15, -0.1) is 5.10 Å². The monoisotopic (exact) mass is 290 g/mol. The highest BCUT2D eigenvalue weighted by Gasteiger charge is 2.13. The summed E-state index contributed by atoms with van der Waals surface area (Å²) in [6, 6.07) is 14.8. The Balaban J connectivity index is 2.03. The van der Waals surface area contributed by atoms with Crippen LogP contribution in [0.25, 0.3) is 27.9 Å². The third-order valence-electron chi connectivity index (χ3n) is 3.69. The SMILES string of the molecule is CCc1nc2ccccc2c2nc(-c3ccc(O)cc3)nn12. The average molecular weight is 290 g/mol. The van der Waals surface area contributed by atoms with Gasteiger partial charge in [-0.3, -0.25) is 0 Å². The number of aromatic nitrogens is 4. The molecule has 4 rings (SSSR count). The van der Waals surface area contributed by atoms with E-state index in [0.29, 0.717) is 5.82 Å². The highest BCUT2D eigenvalue weighted by molar-refractivity contribution is 5.91. The molecular formula is C17H14N4O. The van der Waals surface area contributed by atoms with Crippen LogP contribution >= 0.6 is 0 Å². The van der Waals surface area contributed by atoms with Crippen LogP contribution in [-0.4, -0.2) is 24.7 Å². The van der Waals surface area contributed by atoms with E-state index in [1.165, 1.54) is 0 Å². The Morgan fingerprint density at radius 1 is 1.00 bits per heavy atom. The zero-order valence-electron chi connectivity index (χ0n) is 12.1. The molecule has 2 aromatic carbocycles. The van der Waals surface area contributed by atoms with E-state index in [-0.39, 0.29) is 5.75 Å². The van der Waals surface area contributed by atoms with Crippen molar-refractivity contribution in [3.05, 3.63) is 54.4 Å². The highest BCUT2D eigenvalue weighted by atomic mass is 16.3. The minimum atomic E-state index is 0.230. The first-order chi connectivity index (χ1) is 10.8. The Hall–Kier alpha value is -2.95. The Morgan fingerprint density at radius 2 is 1.77 bits per heavy atom. The zero-order chi connectivity index (χ0) is 15.1. The van der Waals surface area contributed by atoms with Crippen molar-refractivity contribution in [2.75, 3.05) is 0 Å². The minimum Gasteiger partial charge on any atom is -0.508 e. The van der Waals surface area contributed by atoms with E-state index >= 15 is 0 Å². The van der Waals surface area contributed by atoms with E-state index in [4.69, 9.17) is 0 Å². The summed E-state index contributed by atoms with van der Waals surface area (Å²) in [5.41, 5.74) is 2.61. The maximum Gasteiger partial charge on any atom is 0.182 e. The number of phenolic OH excluding ortho intramolecular Hbond substituents is 1. The van der Waals surface area contributed by atoms with Gasteiger partial charge in [0.1, 0.15) is 11.6 Å². The van der Waals surface area contributed by atoms with Crippen molar-refractivity contribution in [3.63, 3.8) is 0 Å². The van der Waals surface area contributed by atoms with Gasteiger partial charge in [0.25, 0.3) is 0 Å². The molecule has 0 amide bonds. The van der Waals surface area contributed by atoms with Crippen molar-refractivity contribution < 1.29 is 5.11 Å². The van der Waals surface area contributed by atoms with E-state index in [1.807, 2.05) is 40.9 Å². The fourth-order valence-electron chi connectivity index (χ4n) is 2.57. The molecule has 5 nitrogen and oxygen atoms in total. The van der Waals surface area contributed by atoms with Gasteiger partial charge in [0.2, 0.25) is 0 Å². The number of phenols is 1. The van der Waals surface area contributed by atoms with Gasteiger partial charge in [0.05, 0.1) is 5.52 Å². The summed E-state index contributed by atoms with van der Waals surface area (Å²) < 4.78 is 1.81. The van der Waals surface area contributed by atoms with Crippen LogP contribution in [0, 0.1) is 0 Å².